The van der Waals surface area contributed by atoms with E-state index in [2.05, 4.69) is 20.6 Å². The SMILES string of the molecule is O=C(O)Nc1ccc(-c2cnc([C@H](Cc3ccccc3)C(=O)N3CC[C@]4(C3)OC(=O)Nc3ccc(Cl)cc34)[nH]2)cc1. The van der Waals surface area contributed by atoms with Crippen LogP contribution in [0.1, 0.15) is 29.3 Å². The van der Waals surface area contributed by atoms with Crippen LogP contribution in [0.3, 0.4) is 0 Å². The fraction of sp³-hybridized carbons (Fsp3) is 0.200. The van der Waals surface area contributed by atoms with Crippen molar-refractivity contribution in [2.45, 2.75) is 24.4 Å². The Labute approximate surface area is 240 Å². The number of ether oxygens (including phenoxy) is 1. The number of benzene rings is 3. The van der Waals surface area contributed by atoms with E-state index in [9.17, 15) is 14.4 Å². The summed E-state index contributed by atoms with van der Waals surface area (Å²) in [5.74, 6) is -0.246. The molecular weight excluding hydrogens is 546 g/mol. The Hall–Kier alpha value is -4.83. The summed E-state index contributed by atoms with van der Waals surface area (Å²) in [7, 11) is 0. The molecule has 3 aromatic carbocycles. The van der Waals surface area contributed by atoms with Crippen molar-refractivity contribution in [3.05, 3.63) is 101 Å². The van der Waals surface area contributed by atoms with E-state index < -0.39 is 23.7 Å². The number of hydrogen-bond donors (Lipinski definition) is 4. The molecule has 1 fully saturated rings. The van der Waals surface area contributed by atoms with Gasteiger partial charge in [0.05, 0.1) is 24.1 Å². The highest BCUT2D eigenvalue weighted by Gasteiger charge is 2.49. The number of aromatic amines is 1. The molecule has 1 aromatic heterocycles. The molecule has 1 saturated heterocycles. The molecule has 4 N–H and O–H groups in total. The predicted octanol–water partition coefficient (Wildman–Crippen LogP) is 5.84. The van der Waals surface area contributed by atoms with Crippen molar-refractivity contribution in [2.75, 3.05) is 23.7 Å². The highest BCUT2D eigenvalue weighted by molar-refractivity contribution is 6.30. The second-order valence-electron chi connectivity index (χ2n) is 10.1. The number of carbonyl (C=O) groups is 3. The van der Waals surface area contributed by atoms with Gasteiger partial charge in [-0.15, -0.1) is 0 Å². The number of aromatic nitrogens is 2. The Morgan fingerprint density at radius 1 is 1.12 bits per heavy atom. The quantitative estimate of drug-likeness (QED) is 0.230. The number of nitrogens with one attached hydrogen (secondary N) is 3. The number of amides is 3. The number of likely N-dealkylation sites (tertiary alicyclic amines) is 1. The summed E-state index contributed by atoms with van der Waals surface area (Å²) in [5.41, 5.74) is 3.30. The first-order valence-corrected chi connectivity index (χ1v) is 13.5. The van der Waals surface area contributed by atoms with Gasteiger partial charge in [0.15, 0.2) is 5.60 Å². The van der Waals surface area contributed by atoms with Crippen molar-refractivity contribution in [3.8, 4) is 11.3 Å². The molecule has 3 heterocycles. The van der Waals surface area contributed by atoms with Gasteiger partial charge in [0.1, 0.15) is 11.7 Å². The summed E-state index contributed by atoms with van der Waals surface area (Å²) in [5, 5.41) is 14.5. The van der Waals surface area contributed by atoms with Gasteiger partial charge in [-0.2, -0.15) is 0 Å². The Morgan fingerprint density at radius 3 is 2.66 bits per heavy atom. The Kier molecular flexibility index (Phi) is 6.84. The number of imidazole rings is 1. The molecule has 41 heavy (non-hydrogen) atoms. The lowest BCUT2D eigenvalue weighted by Crippen LogP contribution is -2.43. The molecule has 0 aliphatic carbocycles. The molecule has 0 saturated carbocycles. The second-order valence-corrected chi connectivity index (χ2v) is 10.6. The Balaban J connectivity index is 1.29. The number of H-pyrrole nitrogens is 1. The maximum absolute atomic E-state index is 14.1. The minimum atomic E-state index is -1.14. The van der Waals surface area contributed by atoms with Crippen molar-refractivity contribution in [2.24, 2.45) is 0 Å². The third-order valence-corrected chi connectivity index (χ3v) is 7.73. The summed E-state index contributed by atoms with van der Waals surface area (Å²) >= 11 is 6.29. The first-order chi connectivity index (χ1) is 19.8. The summed E-state index contributed by atoms with van der Waals surface area (Å²) < 4.78 is 5.83. The largest absolute Gasteiger partial charge is 0.465 e. The molecule has 11 heteroatoms. The average Bonchev–Trinajstić information content (AvgIpc) is 3.61. The van der Waals surface area contributed by atoms with Crippen LogP contribution in [0.4, 0.5) is 21.0 Å². The summed E-state index contributed by atoms with van der Waals surface area (Å²) in [4.78, 5) is 47.1. The van der Waals surface area contributed by atoms with Crippen LogP contribution in [0, 0.1) is 0 Å². The molecule has 2 atom stereocenters. The Bertz CT molecular complexity index is 1620. The van der Waals surface area contributed by atoms with E-state index in [1.807, 2.05) is 30.3 Å². The van der Waals surface area contributed by atoms with E-state index in [4.69, 9.17) is 21.4 Å². The number of halogens is 1. The third kappa shape index (κ3) is 5.33. The van der Waals surface area contributed by atoms with Crippen LogP contribution in [0.15, 0.2) is 79.0 Å². The third-order valence-electron chi connectivity index (χ3n) is 7.49. The molecule has 0 bridgehead atoms. The average molecular weight is 572 g/mol. The summed E-state index contributed by atoms with van der Waals surface area (Å²) in [6.07, 6.45) is 0.825. The molecule has 2 aliphatic rings. The van der Waals surface area contributed by atoms with Crippen LogP contribution < -0.4 is 10.6 Å². The van der Waals surface area contributed by atoms with Gasteiger partial charge >= 0.3 is 12.2 Å². The van der Waals surface area contributed by atoms with E-state index in [0.717, 1.165) is 16.7 Å². The normalized spacial score (nSPS) is 18.4. The highest BCUT2D eigenvalue weighted by atomic mass is 35.5. The van der Waals surface area contributed by atoms with Crippen molar-refractivity contribution in [1.82, 2.24) is 14.9 Å². The lowest BCUT2D eigenvalue weighted by atomic mass is 9.90. The molecule has 2 aliphatic heterocycles. The van der Waals surface area contributed by atoms with Gasteiger partial charge in [0, 0.05) is 29.2 Å². The first-order valence-electron chi connectivity index (χ1n) is 13.1. The van der Waals surface area contributed by atoms with Gasteiger partial charge in [-0.05, 0) is 47.9 Å². The standard InChI is InChI=1S/C30H26ClN5O5/c31-20-8-11-24-23(15-20)30(41-29(40)35-24)12-13-36(17-30)27(37)22(14-18-4-2-1-3-5-18)26-32-16-25(34-26)19-6-9-21(10-7-19)33-28(38)39/h1-11,15-16,22,33H,12-14,17H2,(H,32,34)(H,35,40)(H,38,39)/t22-,30+/m0/s1. The number of carboxylic acid groups (broad SMARTS) is 1. The van der Waals surface area contributed by atoms with Gasteiger partial charge in [-0.3, -0.25) is 15.4 Å². The maximum Gasteiger partial charge on any atom is 0.412 e. The van der Waals surface area contributed by atoms with Gasteiger partial charge in [-0.25, -0.2) is 14.6 Å². The molecular formula is C30H26ClN5O5. The number of nitrogens with zero attached hydrogens (tertiary/aromatic N) is 2. The second kappa shape index (κ2) is 10.6. The maximum atomic E-state index is 14.1. The fourth-order valence-electron chi connectivity index (χ4n) is 5.53. The number of anilines is 2. The minimum absolute atomic E-state index is 0.134. The highest BCUT2D eigenvalue weighted by Crippen LogP contribution is 2.44. The fourth-order valence-corrected chi connectivity index (χ4v) is 5.70. The molecule has 0 unspecified atom stereocenters. The zero-order valence-corrected chi connectivity index (χ0v) is 22.5. The lowest BCUT2D eigenvalue weighted by Gasteiger charge is -2.35. The molecule has 6 rings (SSSR count). The van der Waals surface area contributed by atoms with E-state index in [-0.39, 0.29) is 12.5 Å². The van der Waals surface area contributed by atoms with Gasteiger partial charge < -0.3 is 19.7 Å². The Morgan fingerprint density at radius 2 is 1.90 bits per heavy atom. The van der Waals surface area contributed by atoms with E-state index in [1.54, 1.807) is 53.6 Å². The van der Waals surface area contributed by atoms with Crippen molar-refractivity contribution < 1.29 is 24.2 Å². The number of fused-ring (bicyclic) bond motifs is 2. The number of hydrogen-bond acceptors (Lipinski definition) is 5. The molecule has 1 spiro atoms. The van der Waals surface area contributed by atoms with Crippen LogP contribution in [-0.2, 0) is 21.6 Å². The smallest absolute Gasteiger partial charge is 0.412 e. The van der Waals surface area contributed by atoms with Crippen molar-refractivity contribution in [1.29, 1.82) is 0 Å². The minimum Gasteiger partial charge on any atom is -0.465 e. The van der Waals surface area contributed by atoms with Crippen LogP contribution in [0.2, 0.25) is 5.02 Å². The van der Waals surface area contributed by atoms with Gasteiger partial charge in [-0.1, -0.05) is 54.1 Å². The van der Waals surface area contributed by atoms with E-state index >= 15 is 0 Å². The van der Waals surface area contributed by atoms with E-state index in [0.29, 0.717) is 47.3 Å². The topological polar surface area (TPSA) is 137 Å². The first kappa shape index (κ1) is 26.4. The molecule has 3 amide bonds. The molecule has 4 aromatic rings. The zero-order chi connectivity index (χ0) is 28.6. The van der Waals surface area contributed by atoms with Crippen molar-refractivity contribution in [3.63, 3.8) is 0 Å². The van der Waals surface area contributed by atoms with E-state index in [1.165, 1.54) is 0 Å². The van der Waals surface area contributed by atoms with Crippen LogP contribution in [0.25, 0.3) is 11.3 Å². The molecule has 0 radical (unpaired) electrons. The van der Waals surface area contributed by atoms with Crippen LogP contribution in [0.5, 0.6) is 0 Å². The summed E-state index contributed by atoms with van der Waals surface area (Å²) in [6.45, 7) is 0.596. The lowest BCUT2D eigenvalue weighted by molar-refractivity contribution is -0.133. The van der Waals surface area contributed by atoms with Crippen molar-refractivity contribution >= 4 is 41.1 Å². The van der Waals surface area contributed by atoms with Gasteiger partial charge in [0.25, 0.3) is 0 Å². The molecule has 208 valence electrons. The molecule has 10 nitrogen and oxygen atoms in total. The van der Waals surface area contributed by atoms with Gasteiger partial charge in [0.2, 0.25) is 5.91 Å². The monoisotopic (exact) mass is 571 g/mol. The number of rotatable bonds is 6. The van der Waals surface area contributed by atoms with Crippen LogP contribution in [-0.4, -0.2) is 51.2 Å². The van der Waals surface area contributed by atoms with Crippen LogP contribution >= 0.6 is 11.6 Å². The zero-order valence-electron chi connectivity index (χ0n) is 21.8. The number of carbonyl (C=O) groups excluding carboxylic acids is 2. The summed E-state index contributed by atoms with van der Waals surface area (Å²) in [6, 6.07) is 21.8. The predicted molar refractivity (Wildman–Crippen MR) is 153 cm³/mol.